The third-order valence-corrected chi connectivity index (χ3v) is 3.45. The van der Waals surface area contributed by atoms with E-state index in [1.807, 2.05) is 6.92 Å². The summed E-state index contributed by atoms with van der Waals surface area (Å²) >= 11 is 0. The van der Waals surface area contributed by atoms with E-state index in [2.05, 4.69) is 20.4 Å². The van der Waals surface area contributed by atoms with Crippen molar-refractivity contribution in [1.82, 2.24) is 15.1 Å². The molecule has 0 aliphatic carbocycles. The molecule has 8 heteroatoms. The van der Waals surface area contributed by atoms with E-state index in [0.717, 1.165) is 5.69 Å². The van der Waals surface area contributed by atoms with Crippen molar-refractivity contribution in [2.45, 2.75) is 20.3 Å². The Bertz CT molecular complexity index is 926. The maximum atomic E-state index is 13.4. The predicted molar refractivity (Wildman–Crippen MR) is 92.2 cm³/mol. The Morgan fingerprint density at radius 1 is 1.27 bits per heavy atom. The molecule has 3 rings (SSSR count). The van der Waals surface area contributed by atoms with Gasteiger partial charge in [0.25, 0.3) is 5.91 Å². The van der Waals surface area contributed by atoms with Crippen LogP contribution >= 0.6 is 0 Å². The lowest BCUT2D eigenvalue weighted by molar-refractivity contribution is -0.118. The van der Waals surface area contributed by atoms with E-state index in [0.29, 0.717) is 29.4 Å². The molecule has 26 heavy (non-hydrogen) atoms. The summed E-state index contributed by atoms with van der Waals surface area (Å²) in [5.41, 5.74) is 1.26. The van der Waals surface area contributed by atoms with E-state index < -0.39 is 5.91 Å². The maximum absolute atomic E-state index is 13.4. The monoisotopic (exact) mass is 356 g/mol. The van der Waals surface area contributed by atoms with Gasteiger partial charge in [-0.15, -0.1) is 0 Å². The average Bonchev–Trinajstić information content (AvgIpc) is 3.04. The van der Waals surface area contributed by atoms with Gasteiger partial charge in [0.2, 0.25) is 5.88 Å². The van der Waals surface area contributed by atoms with Crippen LogP contribution in [0.2, 0.25) is 0 Å². The van der Waals surface area contributed by atoms with E-state index in [1.54, 1.807) is 31.2 Å². The van der Waals surface area contributed by atoms with Crippen LogP contribution in [0, 0.1) is 12.7 Å². The lowest BCUT2D eigenvalue weighted by atomic mass is 10.2. The predicted octanol–water partition coefficient (Wildman–Crippen LogP) is 3.16. The molecule has 0 radical (unpaired) electrons. The number of anilines is 1. The van der Waals surface area contributed by atoms with Crippen molar-refractivity contribution in [3.05, 3.63) is 53.7 Å². The van der Waals surface area contributed by atoms with Gasteiger partial charge in [0.05, 0.1) is 0 Å². The van der Waals surface area contributed by atoms with Gasteiger partial charge < -0.3 is 14.6 Å². The number of carbonyl (C=O) groups excluding carboxylic acids is 1. The fourth-order valence-corrected chi connectivity index (χ4v) is 2.23. The molecule has 0 bridgehead atoms. The molecule has 3 aromatic rings. The number of nitrogens with zero attached hydrogens (tertiary/aromatic N) is 3. The van der Waals surface area contributed by atoms with Crippen molar-refractivity contribution in [2.24, 2.45) is 0 Å². The number of carbonyl (C=O) groups is 1. The minimum atomic E-state index is -0.401. The quantitative estimate of drug-likeness (QED) is 0.730. The Morgan fingerprint density at radius 2 is 2.12 bits per heavy atom. The van der Waals surface area contributed by atoms with E-state index in [4.69, 9.17) is 9.26 Å². The van der Waals surface area contributed by atoms with Gasteiger partial charge in [-0.25, -0.2) is 9.37 Å². The zero-order chi connectivity index (χ0) is 18.5. The van der Waals surface area contributed by atoms with Gasteiger partial charge in [0.15, 0.2) is 18.2 Å². The highest BCUT2D eigenvalue weighted by atomic mass is 19.1. The number of nitrogens with one attached hydrogen (secondary N) is 1. The SMILES string of the molecule is CCc1cc(OCC(=O)Nc2cc(C)on2)nc(-c2cccc(F)c2)n1. The first-order valence-electron chi connectivity index (χ1n) is 8.03. The largest absolute Gasteiger partial charge is 0.467 e. The van der Waals surface area contributed by atoms with Crippen molar-refractivity contribution in [1.29, 1.82) is 0 Å². The Morgan fingerprint density at radius 3 is 2.81 bits per heavy atom. The van der Waals surface area contributed by atoms with Crippen LogP contribution in [0.5, 0.6) is 5.88 Å². The Balaban J connectivity index is 1.73. The minimum Gasteiger partial charge on any atom is -0.467 e. The van der Waals surface area contributed by atoms with Gasteiger partial charge in [-0.05, 0) is 25.5 Å². The fourth-order valence-electron chi connectivity index (χ4n) is 2.23. The van der Waals surface area contributed by atoms with Crippen LogP contribution in [0.4, 0.5) is 10.2 Å². The van der Waals surface area contributed by atoms with Crippen molar-refractivity contribution in [3.8, 4) is 17.3 Å². The second kappa shape index (κ2) is 7.73. The molecule has 1 aromatic carbocycles. The third-order valence-electron chi connectivity index (χ3n) is 3.45. The van der Waals surface area contributed by atoms with Crippen LogP contribution in [0.3, 0.4) is 0 Å². The normalized spacial score (nSPS) is 10.6. The number of hydrogen-bond acceptors (Lipinski definition) is 6. The van der Waals surface area contributed by atoms with Gasteiger partial charge >= 0.3 is 0 Å². The molecule has 1 N–H and O–H groups in total. The lowest BCUT2D eigenvalue weighted by Crippen LogP contribution is -2.20. The van der Waals surface area contributed by atoms with Gasteiger partial charge in [0, 0.05) is 23.4 Å². The highest BCUT2D eigenvalue weighted by Crippen LogP contribution is 2.20. The molecule has 2 aromatic heterocycles. The van der Waals surface area contributed by atoms with Crippen molar-refractivity contribution < 1.29 is 18.4 Å². The van der Waals surface area contributed by atoms with Crippen LogP contribution in [-0.4, -0.2) is 27.6 Å². The molecule has 0 spiro atoms. The molecule has 0 saturated heterocycles. The second-order valence-electron chi connectivity index (χ2n) is 5.54. The average molecular weight is 356 g/mol. The van der Waals surface area contributed by atoms with E-state index >= 15 is 0 Å². The number of ether oxygens (including phenoxy) is 1. The summed E-state index contributed by atoms with van der Waals surface area (Å²) in [5, 5.41) is 6.23. The molecule has 0 atom stereocenters. The molecular weight excluding hydrogens is 339 g/mol. The number of amides is 1. The molecule has 7 nitrogen and oxygen atoms in total. The van der Waals surface area contributed by atoms with Gasteiger partial charge in [0.1, 0.15) is 11.6 Å². The topological polar surface area (TPSA) is 90.1 Å². The molecule has 134 valence electrons. The maximum Gasteiger partial charge on any atom is 0.263 e. The fraction of sp³-hybridized carbons (Fsp3) is 0.222. The minimum absolute atomic E-state index is 0.239. The second-order valence-corrected chi connectivity index (χ2v) is 5.54. The summed E-state index contributed by atoms with van der Waals surface area (Å²) in [7, 11) is 0. The summed E-state index contributed by atoms with van der Waals surface area (Å²) in [6.45, 7) is 3.40. The summed E-state index contributed by atoms with van der Waals surface area (Å²) in [5.74, 6) is 0.701. The van der Waals surface area contributed by atoms with E-state index in [-0.39, 0.29) is 18.3 Å². The molecule has 0 fully saturated rings. The van der Waals surface area contributed by atoms with E-state index in [9.17, 15) is 9.18 Å². The molecule has 0 saturated carbocycles. The molecule has 2 heterocycles. The summed E-state index contributed by atoms with van der Waals surface area (Å²) < 4.78 is 23.8. The van der Waals surface area contributed by atoms with E-state index in [1.165, 1.54) is 12.1 Å². The van der Waals surface area contributed by atoms with Gasteiger partial charge in [-0.2, -0.15) is 4.98 Å². The first-order valence-corrected chi connectivity index (χ1v) is 8.03. The van der Waals surface area contributed by atoms with Crippen LogP contribution < -0.4 is 10.1 Å². The Kier molecular flexibility index (Phi) is 5.21. The van der Waals surface area contributed by atoms with Crippen molar-refractivity contribution >= 4 is 11.7 Å². The van der Waals surface area contributed by atoms with Gasteiger partial charge in [-0.1, -0.05) is 24.2 Å². The zero-order valence-corrected chi connectivity index (χ0v) is 14.3. The summed E-state index contributed by atoms with van der Waals surface area (Å²) in [4.78, 5) is 20.6. The number of hydrogen-bond donors (Lipinski definition) is 1. The number of aromatic nitrogens is 3. The number of aryl methyl sites for hydroxylation is 2. The van der Waals surface area contributed by atoms with Crippen molar-refractivity contribution in [3.63, 3.8) is 0 Å². The first kappa shape index (κ1) is 17.5. The highest BCUT2D eigenvalue weighted by Gasteiger charge is 2.11. The van der Waals surface area contributed by atoms with Crippen LogP contribution in [0.25, 0.3) is 11.4 Å². The van der Waals surface area contributed by atoms with Crippen molar-refractivity contribution in [2.75, 3.05) is 11.9 Å². The summed E-state index contributed by atoms with van der Waals surface area (Å²) in [6.07, 6.45) is 0.644. The molecule has 0 aliphatic heterocycles. The lowest BCUT2D eigenvalue weighted by Gasteiger charge is -2.09. The number of benzene rings is 1. The molecule has 0 unspecified atom stereocenters. The number of halogens is 1. The smallest absolute Gasteiger partial charge is 0.263 e. The summed E-state index contributed by atoms with van der Waals surface area (Å²) in [6, 6.07) is 9.23. The number of rotatable bonds is 6. The zero-order valence-electron chi connectivity index (χ0n) is 14.3. The molecular formula is C18H17FN4O3. The standard InChI is InChI=1S/C18H17FN4O3/c1-3-14-9-17(22-18(20-14)12-5-4-6-13(19)8-12)25-10-16(24)21-15-7-11(2)26-23-15/h4-9H,3,10H2,1-2H3,(H,21,23,24). The van der Waals surface area contributed by atoms with Crippen LogP contribution in [0.15, 0.2) is 40.9 Å². The van der Waals surface area contributed by atoms with Crippen LogP contribution in [0.1, 0.15) is 18.4 Å². The molecule has 1 amide bonds. The highest BCUT2D eigenvalue weighted by molar-refractivity contribution is 5.90. The third kappa shape index (κ3) is 4.41. The first-order chi connectivity index (χ1) is 12.5. The Hall–Kier alpha value is -3.29. The van der Waals surface area contributed by atoms with Gasteiger partial charge in [-0.3, -0.25) is 4.79 Å². The van der Waals surface area contributed by atoms with Crippen LogP contribution in [-0.2, 0) is 11.2 Å². The Labute approximate surface area is 149 Å². The molecule has 0 aliphatic rings.